The number of anilines is 1. The lowest BCUT2D eigenvalue weighted by Crippen LogP contribution is -2.22. The molecule has 1 aromatic rings. The molecule has 0 aliphatic carbocycles. The van der Waals surface area contributed by atoms with E-state index in [-0.39, 0.29) is 12.4 Å². The normalized spacial score (nSPS) is 20.4. The van der Waals surface area contributed by atoms with Crippen molar-refractivity contribution in [1.29, 1.82) is 0 Å². The van der Waals surface area contributed by atoms with Crippen LogP contribution in [0.5, 0.6) is 0 Å². The maximum Gasteiger partial charge on any atom is 0.190 e. The fourth-order valence-corrected chi connectivity index (χ4v) is 2.13. The van der Waals surface area contributed by atoms with Gasteiger partial charge in [-0.2, -0.15) is 0 Å². The molecule has 1 unspecified atom stereocenters. The second-order valence-electron chi connectivity index (χ2n) is 4.36. The number of hydrogen-bond donors (Lipinski definition) is 3. The van der Waals surface area contributed by atoms with Gasteiger partial charge < -0.3 is 20.9 Å². The molecule has 2 heterocycles. The van der Waals surface area contributed by atoms with E-state index in [2.05, 4.69) is 20.0 Å². The number of oxime groups is 1. The Morgan fingerprint density at radius 2 is 2.33 bits per heavy atom. The summed E-state index contributed by atoms with van der Waals surface area (Å²) in [7, 11) is 0. The van der Waals surface area contributed by atoms with Crippen LogP contribution in [0.4, 0.5) is 5.82 Å². The molecular formula is C11H17N5O2. The summed E-state index contributed by atoms with van der Waals surface area (Å²) in [5.41, 5.74) is 5.77. The summed E-state index contributed by atoms with van der Waals surface area (Å²) in [5.74, 6) is 1.25. The van der Waals surface area contributed by atoms with Crippen LogP contribution in [-0.2, 0) is 0 Å². The van der Waals surface area contributed by atoms with Gasteiger partial charge in [-0.25, -0.2) is 9.97 Å². The Morgan fingerprint density at radius 3 is 2.94 bits per heavy atom. The van der Waals surface area contributed by atoms with Gasteiger partial charge in [0, 0.05) is 19.7 Å². The summed E-state index contributed by atoms with van der Waals surface area (Å²) in [4.78, 5) is 10.5. The fourth-order valence-electron chi connectivity index (χ4n) is 2.13. The monoisotopic (exact) mass is 251 g/mol. The highest BCUT2D eigenvalue weighted by atomic mass is 16.4. The van der Waals surface area contributed by atoms with Crippen LogP contribution in [0.25, 0.3) is 0 Å². The van der Waals surface area contributed by atoms with E-state index in [1.807, 2.05) is 0 Å². The number of rotatable bonds is 4. The maximum atomic E-state index is 8.91. The summed E-state index contributed by atoms with van der Waals surface area (Å²) in [5, 5.41) is 20.3. The first-order chi connectivity index (χ1) is 8.74. The Kier molecular flexibility index (Phi) is 3.93. The number of aromatic nitrogens is 2. The number of aliphatic hydroxyl groups is 1. The molecule has 1 aliphatic heterocycles. The molecular weight excluding hydrogens is 234 g/mol. The van der Waals surface area contributed by atoms with E-state index in [4.69, 9.17) is 16.0 Å². The van der Waals surface area contributed by atoms with E-state index >= 15 is 0 Å². The van der Waals surface area contributed by atoms with Gasteiger partial charge >= 0.3 is 0 Å². The zero-order valence-electron chi connectivity index (χ0n) is 10.0. The average molecular weight is 251 g/mol. The molecule has 1 atom stereocenters. The smallest absolute Gasteiger partial charge is 0.190 e. The molecule has 7 nitrogen and oxygen atoms in total. The highest BCUT2D eigenvalue weighted by molar-refractivity contribution is 5.94. The molecule has 0 spiro atoms. The van der Waals surface area contributed by atoms with Crippen molar-refractivity contribution in [1.82, 2.24) is 9.97 Å². The molecule has 1 aliphatic rings. The van der Waals surface area contributed by atoms with Gasteiger partial charge in [-0.1, -0.05) is 5.16 Å². The Balaban J connectivity index is 2.02. The average Bonchev–Trinajstić information content (AvgIpc) is 2.87. The van der Waals surface area contributed by atoms with Gasteiger partial charge in [-0.15, -0.1) is 0 Å². The molecule has 0 amide bonds. The van der Waals surface area contributed by atoms with E-state index in [0.717, 1.165) is 31.7 Å². The van der Waals surface area contributed by atoms with Crippen molar-refractivity contribution in [2.24, 2.45) is 16.8 Å². The summed E-state index contributed by atoms with van der Waals surface area (Å²) >= 11 is 0. The minimum atomic E-state index is -0.0476. The predicted molar refractivity (Wildman–Crippen MR) is 66.6 cm³/mol. The first-order valence-corrected chi connectivity index (χ1v) is 5.90. The minimum absolute atomic E-state index is 0.0476. The molecule has 1 saturated heterocycles. The van der Waals surface area contributed by atoms with Gasteiger partial charge in [0.2, 0.25) is 0 Å². The van der Waals surface area contributed by atoms with Crippen LogP contribution in [0.2, 0.25) is 0 Å². The van der Waals surface area contributed by atoms with Gasteiger partial charge in [0.25, 0.3) is 0 Å². The number of hydrogen-bond acceptors (Lipinski definition) is 6. The lowest BCUT2D eigenvalue weighted by Gasteiger charge is -2.16. The highest BCUT2D eigenvalue weighted by Crippen LogP contribution is 2.23. The fraction of sp³-hybridized carbons (Fsp3) is 0.545. The standard InChI is InChI=1S/C11H17N5O2/c12-11(15-18)9-5-14-10(6-13-9)16-3-1-8(7-16)2-4-17/h5-6,8,17-18H,1-4,7H2,(H2,12,15). The highest BCUT2D eigenvalue weighted by Gasteiger charge is 2.23. The summed E-state index contributed by atoms with van der Waals surface area (Å²) in [6.45, 7) is 2.03. The Bertz CT molecular complexity index is 420. The molecule has 7 heteroatoms. The number of aliphatic hydroxyl groups excluding tert-OH is 1. The largest absolute Gasteiger partial charge is 0.409 e. The number of nitrogens with zero attached hydrogens (tertiary/aromatic N) is 4. The predicted octanol–water partition coefficient (Wildman–Crippen LogP) is -0.220. The third kappa shape index (κ3) is 2.67. The zero-order valence-corrected chi connectivity index (χ0v) is 10.0. The van der Waals surface area contributed by atoms with Gasteiger partial charge in [0.1, 0.15) is 11.5 Å². The Labute approximate surface area is 105 Å². The molecule has 0 aromatic carbocycles. The third-order valence-corrected chi connectivity index (χ3v) is 3.16. The summed E-state index contributed by atoms with van der Waals surface area (Å²) in [6.07, 6.45) is 4.99. The third-order valence-electron chi connectivity index (χ3n) is 3.16. The molecule has 1 aromatic heterocycles. The van der Waals surface area contributed by atoms with E-state index in [1.54, 1.807) is 6.20 Å². The zero-order chi connectivity index (χ0) is 13.0. The second kappa shape index (κ2) is 5.63. The lowest BCUT2D eigenvalue weighted by molar-refractivity contribution is 0.263. The van der Waals surface area contributed by atoms with E-state index in [9.17, 15) is 0 Å². The summed E-state index contributed by atoms with van der Waals surface area (Å²) < 4.78 is 0. The molecule has 0 radical (unpaired) electrons. The molecule has 2 rings (SSSR count). The molecule has 0 bridgehead atoms. The number of nitrogens with two attached hydrogens (primary N) is 1. The van der Waals surface area contributed by atoms with Crippen LogP contribution < -0.4 is 10.6 Å². The van der Waals surface area contributed by atoms with Crippen molar-refractivity contribution in [3.05, 3.63) is 18.1 Å². The van der Waals surface area contributed by atoms with Crippen molar-refractivity contribution < 1.29 is 10.3 Å². The van der Waals surface area contributed by atoms with Crippen LogP contribution in [0.3, 0.4) is 0 Å². The quantitative estimate of drug-likeness (QED) is 0.295. The SMILES string of the molecule is NC(=NO)c1cnc(N2CCC(CCO)C2)cn1. The summed E-state index contributed by atoms with van der Waals surface area (Å²) in [6, 6.07) is 0. The van der Waals surface area contributed by atoms with Crippen molar-refractivity contribution in [3.63, 3.8) is 0 Å². The van der Waals surface area contributed by atoms with Crippen LogP contribution in [0.1, 0.15) is 18.5 Å². The Hall–Kier alpha value is -1.89. The molecule has 1 fully saturated rings. The minimum Gasteiger partial charge on any atom is -0.409 e. The van der Waals surface area contributed by atoms with Gasteiger partial charge in [-0.3, -0.25) is 0 Å². The Morgan fingerprint density at radius 1 is 1.50 bits per heavy atom. The number of amidine groups is 1. The second-order valence-corrected chi connectivity index (χ2v) is 4.36. The van der Waals surface area contributed by atoms with Gasteiger partial charge in [0.15, 0.2) is 5.84 Å². The molecule has 0 saturated carbocycles. The van der Waals surface area contributed by atoms with Gasteiger partial charge in [0.05, 0.1) is 12.4 Å². The van der Waals surface area contributed by atoms with Crippen LogP contribution in [0, 0.1) is 5.92 Å². The van der Waals surface area contributed by atoms with Gasteiger partial charge in [-0.05, 0) is 18.8 Å². The first kappa shape index (κ1) is 12.6. The lowest BCUT2D eigenvalue weighted by atomic mass is 10.1. The van der Waals surface area contributed by atoms with Crippen LogP contribution in [-0.4, -0.2) is 45.8 Å². The topological polar surface area (TPSA) is 108 Å². The first-order valence-electron chi connectivity index (χ1n) is 5.90. The van der Waals surface area contributed by atoms with Crippen LogP contribution in [0.15, 0.2) is 17.5 Å². The van der Waals surface area contributed by atoms with E-state index in [0.29, 0.717) is 11.6 Å². The van der Waals surface area contributed by atoms with Crippen molar-refractivity contribution in [3.8, 4) is 0 Å². The molecule has 18 heavy (non-hydrogen) atoms. The van der Waals surface area contributed by atoms with E-state index in [1.165, 1.54) is 6.20 Å². The van der Waals surface area contributed by atoms with Crippen molar-refractivity contribution in [2.45, 2.75) is 12.8 Å². The van der Waals surface area contributed by atoms with Crippen LogP contribution >= 0.6 is 0 Å². The maximum absolute atomic E-state index is 8.91. The van der Waals surface area contributed by atoms with Crippen molar-refractivity contribution in [2.75, 3.05) is 24.6 Å². The van der Waals surface area contributed by atoms with E-state index < -0.39 is 0 Å². The molecule has 4 N–H and O–H groups in total. The molecule has 98 valence electrons. The van der Waals surface area contributed by atoms with Crippen molar-refractivity contribution >= 4 is 11.7 Å².